The molecule has 5 nitrogen and oxygen atoms in total. The molecule has 0 amide bonds. The second-order valence-electron chi connectivity index (χ2n) is 7.31. The van der Waals surface area contributed by atoms with E-state index < -0.39 is 0 Å². The minimum atomic E-state index is -0.266. The highest BCUT2D eigenvalue weighted by molar-refractivity contribution is 5.80. The molecule has 1 aliphatic rings. The lowest BCUT2D eigenvalue weighted by molar-refractivity contribution is 0.128. The van der Waals surface area contributed by atoms with Gasteiger partial charge in [-0.3, -0.25) is 9.88 Å². The van der Waals surface area contributed by atoms with Gasteiger partial charge in [0.15, 0.2) is 0 Å². The van der Waals surface area contributed by atoms with Crippen LogP contribution in [-0.2, 0) is 13.0 Å². The summed E-state index contributed by atoms with van der Waals surface area (Å²) in [5.74, 6) is 0. The van der Waals surface area contributed by atoms with Crippen molar-refractivity contribution in [3.63, 3.8) is 0 Å². The first-order chi connectivity index (χ1) is 13.2. The summed E-state index contributed by atoms with van der Waals surface area (Å²) in [4.78, 5) is 20.9. The van der Waals surface area contributed by atoms with Crippen LogP contribution in [-0.4, -0.2) is 47.5 Å². The number of hydrogen-bond acceptors (Lipinski definition) is 5. The number of rotatable bonds is 5. The predicted molar refractivity (Wildman–Crippen MR) is 107 cm³/mol. The number of aryl methyl sites for hydroxylation is 1. The molecule has 0 radical (unpaired) electrons. The molecular formula is C22H25N3O2. The van der Waals surface area contributed by atoms with Gasteiger partial charge < -0.3 is 9.32 Å². The molecule has 3 heterocycles. The molecule has 1 fully saturated rings. The Morgan fingerprint density at radius 2 is 1.74 bits per heavy atom. The van der Waals surface area contributed by atoms with E-state index in [-0.39, 0.29) is 5.63 Å². The highest BCUT2D eigenvalue weighted by Gasteiger charge is 2.18. The Morgan fingerprint density at radius 1 is 1.00 bits per heavy atom. The Labute approximate surface area is 159 Å². The van der Waals surface area contributed by atoms with Gasteiger partial charge in [-0.2, -0.15) is 0 Å². The fraction of sp³-hybridized carbons (Fsp3) is 0.364. The van der Waals surface area contributed by atoms with Crippen molar-refractivity contribution in [1.29, 1.82) is 0 Å². The second kappa shape index (κ2) is 8.03. The minimum absolute atomic E-state index is 0.266. The van der Waals surface area contributed by atoms with Gasteiger partial charge >= 0.3 is 5.63 Å². The molecule has 0 unspecified atom stereocenters. The highest BCUT2D eigenvalue weighted by Crippen LogP contribution is 2.20. The Kier molecular flexibility index (Phi) is 5.32. The summed E-state index contributed by atoms with van der Waals surface area (Å²) in [6.45, 7) is 8.09. The molecule has 4 rings (SSSR count). The molecule has 3 aromatic rings. The van der Waals surface area contributed by atoms with Crippen LogP contribution in [0.4, 0.5) is 0 Å². The van der Waals surface area contributed by atoms with Crippen molar-refractivity contribution >= 4 is 11.0 Å². The van der Waals surface area contributed by atoms with Gasteiger partial charge in [0.1, 0.15) is 5.58 Å². The number of fused-ring (bicyclic) bond motifs is 1. The Bertz CT molecular complexity index is 960. The smallest absolute Gasteiger partial charge is 0.336 e. The van der Waals surface area contributed by atoms with Crippen LogP contribution in [0.2, 0.25) is 0 Å². The summed E-state index contributed by atoms with van der Waals surface area (Å²) in [6.07, 6.45) is 4.78. The third kappa shape index (κ3) is 4.43. The van der Waals surface area contributed by atoms with Gasteiger partial charge in [0.2, 0.25) is 0 Å². The first-order valence-corrected chi connectivity index (χ1v) is 9.54. The first-order valence-electron chi connectivity index (χ1n) is 9.54. The Balaban J connectivity index is 1.37. The molecule has 5 heteroatoms. The van der Waals surface area contributed by atoms with Crippen molar-refractivity contribution < 1.29 is 4.42 Å². The number of nitrogens with zero attached hydrogens (tertiary/aromatic N) is 3. The summed E-state index contributed by atoms with van der Waals surface area (Å²) < 4.78 is 5.35. The molecule has 0 atom stereocenters. The summed E-state index contributed by atoms with van der Waals surface area (Å²) in [5, 5.41) is 1.05. The number of piperazine rings is 1. The summed E-state index contributed by atoms with van der Waals surface area (Å²) in [5.41, 5.74) is 4.00. The predicted octanol–water partition coefficient (Wildman–Crippen LogP) is 2.86. The zero-order valence-corrected chi connectivity index (χ0v) is 15.7. The van der Waals surface area contributed by atoms with Crippen LogP contribution < -0.4 is 5.63 Å². The molecule has 0 saturated carbocycles. The standard InChI is InChI=1S/C22H25N3O2/c1-17-2-3-21-20(14-17)19(15-22(26)27-21)16-25-12-10-24(11-13-25)9-6-18-4-7-23-8-5-18/h2-5,7-8,14-15H,6,9-13,16H2,1H3. The molecule has 0 spiro atoms. The third-order valence-electron chi connectivity index (χ3n) is 5.31. The molecule has 0 N–H and O–H groups in total. The van der Waals surface area contributed by atoms with Crippen LogP contribution in [0.1, 0.15) is 16.7 Å². The van der Waals surface area contributed by atoms with Crippen molar-refractivity contribution in [2.75, 3.05) is 32.7 Å². The Morgan fingerprint density at radius 3 is 2.52 bits per heavy atom. The summed E-state index contributed by atoms with van der Waals surface area (Å²) in [7, 11) is 0. The first kappa shape index (κ1) is 17.9. The number of aromatic nitrogens is 1. The summed E-state index contributed by atoms with van der Waals surface area (Å²) in [6, 6.07) is 11.8. The third-order valence-corrected chi connectivity index (χ3v) is 5.31. The monoisotopic (exact) mass is 363 g/mol. The van der Waals surface area contributed by atoms with Crippen LogP contribution in [0, 0.1) is 6.92 Å². The van der Waals surface area contributed by atoms with Gasteiger partial charge in [0.05, 0.1) is 0 Å². The van der Waals surface area contributed by atoms with Gasteiger partial charge in [-0.1, -0.05) is 11.6 Å². The van der Waals surface area contributed by atoms with Crippen LogP contribution in [0.15, 0.2) is 58.0 Å². The molecule has 27 heavy (non-hydrogen) atoms. The molecule has 140 valence electrons. The number of hydrogen-bond donors (Lipinski definition) is 0. The molecule has 1 saturated heterocycles. The topological polar surface area (TPSA) is 49.6 Å². The lowest BCUT2D eigenvalue weighted by atomic mass is 10.1. The number of benzene rings is 1. The van der Waals surface area contributed by atoms with Gasteiger partial charge in [0, 0.05) is 63.1 Å². The van der Waals surface area contributed by atoms with E-state index in [2.05, 4.69) is 39.9 Å². The lowest BCUT2D eigenvalue weighted by Crippen LogP contribution is -2.46. The van der Waals surface area contributed by atoms with E-state index in [0.717, 1.165) is 56.6 Å². The van der Waals surface area contributed by atoms with Gasteiger partial charge in [-0.25, -0.2) is 4.79 Å². The zero-order chi connectivity index (χ0) is 18.6. The average molecular weight is 363 g/mol. The molecule has 0 bridgehead atoms. The van der Waals surface area contributed by atoms with Crippen molar-refractivity contribution in [2.45, 2.75) is 19.9 Å². The van der Waals surface area contributed by atoms with Crippen molar-refractivity contribution in [2.24, 2.45) is 0 Å². The normalized spacial score (nSPS) is 16.0. The van der Waals surface area contributed by atoms with Crippen molar-refractivity contribution in [3.8, 4) is 0 Å². The maximum absolute atomic E-state index is 11.9. The van der Waals surface area contributed by atoms with Crippen molar-refractivity contribution in [3.05, 3.63) is 75.9 Å². The summed E-state index contributed by atoms with van der Waals surface area (Å²) >= 11 is 0. The van der Waals surface area contributed by atoms with E-state index in [9.17, 15) is 4.79 Å². The van der Waals surface area contributed by atoms with E-state index in [4.69, 9.17) is 4.42 Å². The van der Waals surface area contributed by atoms with Gasteiger partial charge in [-0.05, 0) is 48.7 Å². The minimum Gasteiger partial charge on any atom is -0.423 e. The van der Waals surface area contributed by atoms with Crippen LogP contribution in [0.25, 0.3) is 11.0 Å². The highest BCUT2D eigenvalue weighted by atomic mass is 16.4. The molecular weight excluding hydrogens is 338 g/mol. The van der Waals surface area contributed by atoms with E-state index in [1.807, 2.05) is 24.5 Å². The van der Waals surface area contributed by atoms with E-state index >= 15 is 0 Å². The van der Waals surface area contributed by atoms with Crippen LogP contribution >= 0.6 is 0 Å². The van der Waals surface area contributed by atoms with Gasteiger partial charge in [0.25, 0.3) is 0 Å². The fourth-order valence-electron chi connectivity index (χ4n) is 3.72. The Hall–Kier alpha value is -2.50. The quantitative estimate of drug-likeness (QED) is 0.653. The molecule has 2 aromatic heterocycles. The van der Waals surface area contributed by atoms with Crippen molar-refractivity contribution in [1.82, 2.24) is 14.8 Å². The molecule has 0 aliphatic carbocycles. The average Bonchev–Trinajstić information content (AvgIpc) is 2.69. The lowest BCUT2D eigenvalue weighted by Gasteiger charge is -2.34. The molecule has 1 aromatic carbocycles. The maximum Gasteiger partial charge on any atom is 0.336 e. The van der Waals surface area contributed by atoms with Crippen LogP contribution in [0.5, 0.6) is 0 Å². The maximum atomic E-state index is 11.9. The molecule has 1 aliphatic heterocycles. The van der Waals surface area contributed by atoms with E-state index in [1.165, 1.54) is 11.1 Å². The number of pyridine rings is 1. The zero-order valence-electron chi connectivity index (χ0n) is 15.7. The second-order valence-corrected chi connectivity index (χ2v) is 7.31. The fourth-order valence-corrected chi connectivity index (χ4v) is 3.72. The SMILES string of the molecule is Cc1ccc2oc(=O)cc(CN3CCN(CCc4ccncc4)CC3)c2c1. The van der Waals surface area contributed by atoms with Crippen LogP contribution in [0.3, 0.4) is 0 Å². The van der Waals surface area contributed by atoms with E-state index in [1.54, 1.807) is 6.07 Å². The largest absolute Gasteiger partial charge is 0.423 e. The van der Waals surface area contributed by atoms with E-state index in [0.29, 0.717) is 5.58 Å². The van der Waals surface area contributed by atoms with Gasteiger partial charge in [-0.15, -0.1) is 0 Å².